The van der Waals surface area contributed by atoms with E-state index in [0.717, 1.165) is 5.56 Å². The van der Waals surface area contributed by atoms with Crippen molar-refractivity contribution in [2.75, 3.05) is 0 Å². The van der Waals surface area contributed by atoms with Crippen molar-refractivity contribution in [3.8, 4) is 0 Å². The average Bonchev–Trinajstić information content (AvgIpc) is 3.01. The minimum absolute atomic E-state index is 0.0364. The van der Waals surface area contributed by atoms with Crippen LogP contribution < -0.4 is 5.32 Å². The molecule has 124 valence electrons. The van der Waals surface area contributed by atoms with Gasteiger partial charge in [-0.3, -0.25) is 9.78 Å². The zero-order valence-corrected chi connectivity index (χ0v) is 14.3. The molecular formula is C16H18N6OS. The fourth-order valence-corrected chi connectivity index (χ4v) is 3.12. The third-order valence-electron chi connectivity index (χ3n) is 3.38. The molecule has 0 aliphatic heterocycles. The highest BCUT2D eigenvalue weighted by molar-refractivity contribution is 8.00. The van der Waals surface area contributed by atoms with Crippen LogP contribution in [-0.4, -0.2) is 35.7 Å². The summed E-state index contributed by atoms with van der Waals surface area (Å²) in [4.78, 5) is 25.1. The smallest absolute Gasteiger partial charge is 0.253 e. The Morgan fingerprint density at radius 3 is 2.92 bits per heavy atom. The molecule has 24 heavy (non-hydrogen) atoms. The second-order valence-electron chi connectivity index (χ2n) is 5.62. The third kappa shape index (κ3) is 3.88. The van der Waals surface area contributed by atoms with Crippen LogP contribution in [0.2, 0.25) is 0 Å². The van der Waals surface area contributed by atoms with E-state index in [9.17, 15) is 4.79 Å². The molecule has 3 rings (SSSR count). The van der Waals surface area contributed by atoms with Crippen molar-refractivity contribution < 1.29 is 4.79 Å². The summed E-state index contributed by atoms with van der Waals surface area (Å²) in [6.07, 6.45) is 6.90. The number of fused-ring (bicyclic) bond motifs is 1. The summed E-state index contributed by atoms with van der Waals surface area (Å²) in [5.74, 6) is 0.632. The van der Waals surface area contributed by atoms with E-state index in [2.05, 4.69) is 25.4 Å². The molecule has 1 atom stereocenters. The van der Waals surface area contributed by atoms with Crippen LogP contribution in [0.25, 0.3) is 5.78 Å². The molecule has 8 heteroatoms. The van der Waals surface area contributed by atoms with Crippen LogP contribution in [0.5, 0.6) is 0 Å². The van der Waals surface area contributed by atoms with Crippen LogP contribution in [0, 0.1) is 5.92 Å². The van der Waals surface area contributed by atoms with Crippen LogP contribution in [0.3, 0.4) is 0 Å². The van der Waals surface area contributed by atoms with Crippen LogP contribution >= 0.6 is 11.8 Å². The Labute approximate surface area is 143 Å². The molecule has 0 saturated carbocycles. The van der Waals surface area contributed by atoms with Crippen molar-refractivity contribution >= 4 is 23.4 Å². The second-order valence-corrected chi connectivity index (χ2v) is 6.73. The largest absolute Gasteiger partial charge is 0.351 e. The van der Waals surface area contributed by atoms with Crippen LogP contribution in [0.15, 0.2) is 48.1 Å². The van der Waals surface area contributed by atoms with Gasteiger partial charge in [-0.2, -0.15) is 4.98 Å². The minimum atomic E-state index is -0.279. The maximum Gasteiger partial charge on any atom is 0.253 e. The SMILES string of the molecule is CC(C)C(Sc1nc2ncccn2n1)C(=O)NCc1cccnc1. The van der Waals surface area contributed by atoms with Crippen molar-refractivity contribution in [1.29, 1.82) is 0 Å². The Morgan fingerprint density at radius 2 is 2.21 bits per heavy atom. The van der Waals surface area contributed by atoms with Gasteiger partial charge in [0.2, 0.25) is 11.1 Å². The van der Waals surface area contributed by atoms with E-state index in [-0.39, 0.29) is 17.1 Å². The Hall–Kier alpha value is -2.48. The highest BCUT2D eigenvalue weighted by Gasteiger charge is 2.25. The number of carbonyl (C=O) groups excluding carboxylic acids is 1. The van der Waals surface area contributed by atoms with E-state index in [1.165, 1.54) is 11.8 Å². The average molecular weight is 342 g/mol. The van der Waals surface area contributed by atoms with Gasteiger partial charge in [0.25, 0.3) is 5.78 Å². The first-order valence-electron chi connectivity index (χ1n) is 7.64. The number of carbonyl (C=O) groups is 1. The summed E-state index contributed by atoms with van der Waals surface area (Å²) in [5.41, 5.74) is 0.966. The number of pyridine rings is 1. The lowest BCUT2D eigenvalue weighted by molar-refractivity contribution is -0.121. The summed E-state index contributed by atoms with van der Waals surface area (Å²) in [6, 6.07) is 5.57. The predicted molar refractivity (Wildman–Crippen MR) is 91.3 cm³/mol. The summed E-state index contributed by atoms with van der Waals surface area (Å²) in [6.45, 7) is 4.47. The Morgan fingerprint density at radius 1 is 1.33 bits per heavy atom. The van der Waals surface area contributed by atoms with Crippen molar-refractivity contribution in [3.05, 3.63) is 48.5 Å². The van der Waals surface area contributed by atoms with Gasteiger partial charge in [0.1, 0.15) is 0 Å². The number of amides is 1. The van der Waals surface area contributed by atoms with Crippen LogP contribution in [0.1, 0.15) is 19.4 Å². The topological polar surface area (TPSA) is 85.1 Å². The molecule has 0 spiro atoms. The Bertz CT molecular complexity index is 787. The van der Waals surface area contributed by atoms with E-state index in [1.54, 1.807) is 35.4 Å². The molecule has 0 bridgehead atoms. The van der Waals surface area contributed by atoms with E-state index >= 15 is 0 Å². The van der Waals surface area contributed by atoms with Gasteiger partial charge < -0.3 is 5.32 Å². The van der Waals surface area contributed by atoms with Gasteiger partial charge in [-0.05, 0) is 23.6 Å². The molecule has 1 amide bonds. The van der Waals surface area contributed by atoms with Gasteiger partial charge in [-0.15, -0.1) is 5.10 Å². The van der Waals surface area contributed by atoms with E-state index in [1.807, 2.05) is 26.0 Å². The molecule has 1 unspecified atom stereocenters. The van der Waals surface area contributed by atoms with Crippen molar-refractivity contribution in [2.45, 2.75) is 30.8 Å². The van der Waals surface area contributed by atoms with Crippen molar-refractivity contribution in [2.24, 2.45) is 5.92 Å². The molecule has 3 heterocycles. The molecular weight excluding hydrogens is 324 g/mol. The Balaban J connectivity index is 1.68. The van der Waals surface area contributed by atoms with Gasteiger partial charge >= 0.3 is 0 Å². The molecule has 0 aromatic carbocycles. The zero-order chi connectivity index (χ0) is 16.9. The van der Waals surface area contributed by atoms with Gasteiger partial charge in [0, 0.05) is 31.3 Å². The first-order chi connectivity index (χ1) is 11.6. The number of nitrogens with zero attached hydrogens (tertiary/aromatic N) is 5. The molecule has 7 nitrogen and oxygen atoms in total. The molecule has 0 fully saturated rings. The highest BCUT2D eigenvalue weighted by atomic mass is 32.2. The van der Waals surface area contributed by atoms with Gasteiger partial charge in [0.05, 0.1) is 5.25 Å². The normalized spacial score (nSPS) is 12.5. The number of aromatic nitrogens is 5. The zero-order valence-electron chi connectivity index (χ0n) is 13.5. The second kappa shape index (κ2) is 7.39. The molecule has 3 aromatic rings. The fraction of sp³-hybridized carbons (Fsp3) is 0.312. The Kier molecular flexibility index (Phi) is 5.05. The summed E-state index contributed by atoms with van der Waals surface area (Å²) >= 11 is 1.36. The minimum Gasteiger partial charge on any atom is -0.351 e. The number of hydrogen-bond acceptors (Lipinski definition) is 6. The van der Waals surface area contributed by atoms with Crippen LogP contribution in [0.4, 0.5) is 0 Å². The third-order valence-corrected chi connectivity index (χ3v) is 4.78. The number of rotatable bonds is 6. The number of hydrogen-bond donors (Lipinski definition) is 1. The van der Waals surface area contributed by atoms with Crippen molar-refractivity contribution in [3.63, 3.8) is 0 Å². The maximum absolute atomic E-state index is 12.5. The summed E-state index contributed by atoms with van der Waals surface area (Å²) in [7, 11) is 0. The lowest BCUT2D eigenvalue weighted by Crippen LogP contribution is -2.35. The first kappa shape index (κ1) is 16.4. The fourth-order valence-electron chi connectivity index (χ4n) is 2.16. The van der Waals surface area contributed by atoms with Gasteiger partial charge in [0.15, 0.2) is 0 Å². The first-order valence-corrected chi connectivity index (χ1v) is 8.52. The van der Waals surface area contributed by atoms with E-state index < -0.39 is 0 Å². The summed E-state index contributed by atoms with van der Waals surface area (Å²) in [5, 5.41) is 7.57. The lowest BCUT2D eigenvalue weighted by atomic mass is 10.1. The van der Waals surface area contributed by atoms with Gasteiger partial charge in [-0.1, -0.05) is 31.7 Å². The molecule has 0 saturated heterocycles. The quantitative estimate of drug-likeness (QED) is 0.689. The maximum atomic E-state index is 12.5. The van der Waals surface area contributed by atoms with E-state index in [0.29, 0.717) is 17.5 Å². The molecule has 0 radical (unpaired) electrons. The molecule has 1 N–H and O–H groups in total. The highest BCUT2D eigenvalue weighted by Crippen LogP contribution is 2.26. The molecule has 0 aliphatic rings. The molecule has 0 aliphatic carbocycles. The monoisotopic (exact) mass is 342 g/mol. The van der Waals surface area contributed by atoms with E-state index in [4.69, 9.17) is 0 Å². The predicted octanol–water partition coefficient (Wildman–Crippen LogP) is 1.95. The molecule has 3 aromatic heterocycles. The van der Waals surface area contributed by atoms with Gasteiger partial charge in [-0.25, -0.2) is 9.50 Å². The van der Waals surface area contributed by atoms with Crippen molar-refractivity contribution in [1.82, 2.24) is 29.9 Å². The summed E-state index contributed by atoms with van der Waals surface area (Å²) < 4.78 is 1.60. The van der Waals surface area contributed by atoms with Crippen LogP contribution in [-0.2, 0) is 11.3 Å². The standard InChI is InChI=1S/C16H18N6OS/c1-11(2)13(14(23)19-10-12-5-3-6-17-9-12)24-16-20-15-18-7-4-8-22(15)21-16/h3-9,11,13H,10H2,1-2H3,(H,19,23). The number of thioether (sulfide) groups is 1. The lowest BCUT2D eigenvalue weighted by Gasteiger charge is -2.18. The number of nitrogens with one attached hydrogen (secondary N) is 1.